The molecule has 1 N–H and O–H groups in total. The molecule has 0 aliphatic carbocycles. The molecule has 1 atom stereocenters. The van der Waals surface area contributed by atoms with E-state index in [0.717, 1.165) is 5.56 Å². The van der Waals surface area contributed by atoms with Gasteiger partial charge in [-0.05, 0) is 35.7 Å². The molecule has 0 spiro atoms. The Morgan fingerprint density at radius 2 is 1.89 bits per heavy atom. The Kier molecular flexibility index (Phi) is 4.22. The van der Waals surface area contributed by atoms with Crippen LogP contribution < -0.4 is 0 Å². The molecule has 19 heavy (non-hydrogen) atoms. The molecule has 0 fully saturated rings. The van der Waals surface area contributed by atoms with Crippen molar-refractivity contribution in [2.75, 3.05) is 0 Å². The van der Waals surface area contributed by atoms with E-state index in [1.807, 2.05) is 6.92 Å². The van der Waals surface area contributed by atoms with Crippen LogP contribution >= 0.6 is 0 Å². The van der Waals surface area contributed by atoms with Crippen molar-refractivity contribution in [3.05, 3.63) is 65.0 Å². The van der Waals surface area contributed by atoms with E-state index in [1.165, 1.54) is 18.2 Å². The van der Waals surface area contributed by atoms with Crippen LogP contribution in [0.4, 0.5) is 8.78 Å². The number of aromatic nitrogens is 1. The molecule has 0 saturated carbocycles. The van der Waals surface area contributed by atoms with Crippen molar-refractivity contribution in [2.45, 2.75) is 25.9 Å². The quantitative estimate of drug-likeness (QED) is 0.919. The van der Waals surface area contributed by atoms with Crippen LogP contribution in [0.2, 0.25) is 0 Å². The van der Waals surface area contributed by atoms with E-state index in [2.05, 4.69) is 4.98 Å². The first kappa shape index (κ1) is 13.6. The first-order chi connectivity index (χ1) is 9.13. The van der Waals surface area contributed by atoms with Crippen molar-refractivity contribution < 1.29 is 13.9 Å². The van der Waals surface area contributed by atoms with Gasteiger partial charge in [-0.25, -0.2) is 8.78 Å². The molecular formula is C15H15F2NO. The number of halogens is 2. The molecule has 1 aromatic heterocycles. The Hall–Kier alpha value is -1.81. The van der Waals surface area contributed by atoms with Gasteiger partial charge in [-0.2, -0.15) is 0 Å². The van der Waals surface area contributed by atoms with Crippen LogP contribution in [0.1, 0.15) is 29.7 Å². The third-order valence-corrected chi connectivity index (χ3v) is 3.14. The smallest absolute Gasteiger partial charge is 0.129 e. The maximum Gasteiger partial charge on any atom is 0.129 e. The number of rotatable bonds is 4. The summed E-state index contributed by atoms with van der Waals surface area (Å²) >= 11 is 0. The zero-order chi connectivity index (χ0) is 13.8. The van der Waals surface area contributed by atoms with E-state index in [0.29, 0.717) is 12.0 Å². The van der Waals surface area contributed by atoms with Crippen molar-refractivity contribution in [3.8, 4) is 0 Å². The number of nitrogens with zero attached hydrogens (tertiary/aromatic N) is 1. The van der Waals surface area contributed by atoms with Crippen molar-refractivity contribution >= 4 is 0 Å². The highest BCUT2D eigenvalue weighted by Gasteiger charge is 2.17. The summed E-state index contributed by atoms with van der Waals surface area (Å²) in [5.74, 6) is -1.27. The molecule has 0 bridgehead atoms. The Balaban J connectivity index is 2.28. The van der Waals surface area contributed by atoms with Gasteiger partial charge >= 0.3 is 0 Å². The molecule has 4 heteroatoms. The van der Waals surface area contributed by atoms with Gasteiger partial charge in [-0.15, -0.1) is 0 Å². The maximum absolute atomic E-state index is 13.5. The molecule has 2 aromatic rings. The highest BCUT2D eigenvalue weighted by molar-refractivity contribution is 5.28. The molecule has 2 rings (SSSR count). The van der Waals surface area contributed by atoms with E-state index in [4.69, 9.17) is 0 Å². The Morgan fingerprint density at radius 1 is 1.21 bits per heavy atom. The molecule has 0 amide bonds. The first-order valence-electron chi connectivity index (χ1n) is 6.17. The highest BCUT2D eigenvalue weighted by atomic mass is 19.1. The molecular weight excluding hydrogens is 248 g/mol. The third kappa shape index (κ3) is 2.96. The Bertz CT molecular complexity index is 552. The van der Waals surface area contributed by atoms with E-state index < -0.39 is 17.7 Å². The van der Waals surface area contributed by atoms with Crippen LogP contribution in [-0.4, -0.2) is 10.1 Å². The van der Waals surface area contributed by atoms with Crippen LogP contribution in [0.3, 0.4) is 0 Å². The summed E-state index contributed by atoms with van der Waals surface area (Å²) in [6.07, 6.45) is 2.91. The average Bonchev–Trinajstić information content (AvgIpc) is 2.42. The van der Waals surface area contributed by atoms with Crippen LogP contribution in [0.5, 0.6) is 0 Å². The second kappa shape index (κ2) is 5.89. The van der Waals surface area contributed by atoms with Crippen LogP contribution in [0, 0.1) is 11.6 Å². The molecule has 0 aliphatic rings. The van der Waals surface area contributed by atoms with Gasteiger partial charge in [0, 0.05) is 24.4 Å². The van der Waals surface area contributed by atoms with Gasteiger partial charge in [0.05, 0.1) is 6.10 Å². The predicted molar refractivity (Wildman–Crippen MR) is 68.6 cm³/mol. The molecule has 1 unspecified atom stereocenters. The minimum Gasteiger partial charge on any atom is -0.388 e. The zero-order valence-corrected chi connectivity index (χ0v) is 10.6. The number of hydrogen-bond acceptors (Lipinski definition) is 2. The summed E-state index contributed by atoms with van der Waals surface area (Å²) in [5.41, 5.74) is 1.46. The molecule has 0 saturated heterocycles. The summed E-state index contributed by atoms with van der Waals surface area (Å²) in [7, 11) is 0. The van der Waals surface area contributed by atoms with Crippen molar-refractivity contribution in [1.82, 2.24) is 4.98 Å². The molecule has 100 valence electrons. The summed E-state index contributed by atoms with van der Waals surface area (Å²) in [6, 6.07) is 5.38. The lowest BCUT2D eigenvalue weighted by Crippen LogP contribution is -2.08. The Labute approximate surface area is 110 Å². The largest absolute Gasteiger partial charge is 0.388 e. The lowest BCUT2D eigenvalue weighted by atomic mass is 9.97. The van der Waals surface area contributed by atoms with Gasteiger partial charge in [0.1, 0.15) is 11.6 Å². The van der Waals surface area contributed by atoms with Gasteiger partial charge in [-0.3, -0.25) is 4.98 Å². The number of aliphatic hydroxyl groups excluding tert-OH is 1. The van der Waals surface area contributed by atoms with Gasteiger partial charge < -0.3 is 5.11 Å². The monoisotopic (exact) mass is 263 g/mol. The van der Waals surface area contributed by atoms with Gasteiger partial charge in [0.2, 0.25) is 0 Å². The number of hydrogen-bond donors (Lipinski definition) is 1. The molecule has 0 radical (unpaired) electrons. The van der Waals surface area contributed by atoms with E-state index in [1.54, 1.807) is 18.5 Å². The average molecular weight is 263 g/mol. The molecule has 1 heterocycles. The number of aryl methyl sites for hydroxylation is 1. The fourth-order valence-electron chi connectivity index (χ4n) is 2.09. The fourth-order valence-corrected chi connectivity index (χ4v) is 2.09. The van der Waals surface area contributed by atoms with E-state index in [9.17, 15) is 13.9 Å². The molecule has 0 aliphatic heterocycles. The second-order valence-corrected chi connectivity index (χ2v) is 4.35. The van der Waals surface area contributed by atoms with E-state index >= 15 is 0 Å². The molecule has 2 nitrogen and oxygen atoms in total. The number of pyridine rings is 1. The fraction of sp³-hybridized carbons (Fsp3) is 0.267. The lowest BCUT2D eigenvalue weighted by Gasteiger charge is -2.15. The maximum atomic E-state index is 13.5. The summed E-state index contributed by atoms with van der Waals surface area (Å²) < 4.78 is 27.1. The number of aliphatic hydroxyl groups is 1. The third-order valence-electron chi connectivity index (χ3n) is 3.14. The van der Waals surface area contributed by atoms with Gasteiger partial charge in [0.25, 0.3) is 0 Å². The van der Waals surface area contributed by atoms with Crippen molar-refractivity contribution in [3.63, 3.8) is 0 Å². The Morgan fingerprint density at radius 3 is 2.53 bits per heavy atom. The van der Waals surface area contributed by atoms with E-state index in [-0.39, 0.29) is 12.0 Å². The molecule has 1 aromatic carbocycles. The summed E-state index contributed by atoms with van der Waals surface area (Å²) in [5, 5.41) is 10.2. The second-order valence-electron chi connectivity index (χ2n) is 4.35. The predicted octanol–water partition coefficient (Wildman–Crippen LogP) is 3.20. The topological polar surface area (TPSA) is 33.1 Å². The highest BCUT2D eigenvalue weighted by Crippen LogP contribution is 2.24. The minimum atomic E-state index is -0.940. The normalized spacial score (nSPS) is 12.4. The van der Waals surface area contributed by atoms with Gasteiger partial charge in [-0.1, -0.05) is 13.0 Å². The van der Waals surface area contributed by atoms with Crippen LogP contribution in [0.25, 0.3) is 0 Å². The van der Waals surface area contributed by atoms with Crippen molar-refractivity contribution in [1.29, 1.82) is 0 Å². The summed E-state index contributed by atoms with van der Waals surface area (Å²) in [4.78, 5) is 3.98. The lowest BCUT2D eigenvalue weighted by molar-refractivity contribution is 0.174. The number of benzene rings is 1. The first-order valence-corrected chi connectivity index (χ1v) is 6.17. The SMILES string of the molecule is CCc1cnccc1C(O)Cc1c(F)cccc1F. The zero-order valence-electron chi connectivity index (χ0n) is 10.6. The standard InChI is InChI=1S/C15H15F2NO/c1-2-10-9-18-7-6-11(10)15(19)8-12-13(16)4-3-5-14(12)17/h3-7,9,15,19H,2,8H2,1H3. The van der Waals surface area contributed by atoms with Crippen LogP contribution in [-0.2, 0) is 12.8 Å². The minimum absolute atomic E-state index is 0.0878. The van der Waals surface area contributed by atoms with Crippen LogP contribution in [0.15, 0.2) is 36.7 Å². The van der Waals surface area contributed by atoms with Gasteiger partial charge in [0.15, 0.2) is 0 Å². The van der Waals surface area contributed by atoms with Crippen molar-refractivity contribution in [2.24, 2.45) is 0 Å². The summed E-state index contributed by atoms with van der Waals surface area (Å²) in [6.45, 7) is 1.94.